The van der Waals surface area contributed by atoms with Gasteiger partial charge in [0.1, 0.15) is 0 Å². The van der Waals surface area contributed by atoms with Gasteiger partial charge in [-0.2, -0.15) is 0 Å². The molecule has 6 heteroatoms. The van der Waals surface area contributed by atoms with Gasteiger partial charge in [-0.05, 0) is 37.1 Å². The molecule has 2 aliphatic heterocycles. The lowest BCUT2D eigenvalue weighted by molar-refractivity contribution is -0.137. The van der Waals surface area contributed by atoms with E-state index in [1.165, 1.54) is 12.1 Å². The Hall–Kier alpha value is -2.79. The van der Waals surface area contributed by atoms with Gasteiger partial charge < -0.3 is 14.8 Å². The predicted molar refractivity (Wildman–Crippen MR) is 122 cm³/mol. The van der Waals surface area contributed by atoms with Crippen LogP contribution in [-0.2, 0) is 17.8 Å². The Morgan fingerprint density at radius 2 is 1.90 bits per heavy atom. The number of aromatic nitrogens is 1. The van der Waals surface area contributed by atoms with Crippen LogP contribution in [0.15, 0.2) is 36.4 Å². The number of amides is 2. The van der Waals surface area contributed by atoms with Gasteiger partial charge in [0.15, 0.2) is 0 Å². The summed E-state index contributed by atoms with van der Waals surface area (Å²) in [5.74, 6) is 0.345. The Morgan fingerprint density at radius 3 is 2.74 bits per heavy atom. The van der Waals surface area contributed by atoms with E-state index in [0.717, 1.165) is 59.9 Å². The molecule has 0 unspecified atom stereocenters. The van der Waals surface area contributed by atoms with E-state index in [2.05, 4.69) is 9.88 Å². The van der Waals surface area contributed by atoms with Gasteiger partial charge >= 0.3 is 0 Å². The van der Waals surface area contributed by atoms with E-state index in [1.54, 1.807) is 0 Å². The molecule has 6 rings (SSSR count). The zero-order chi connectivity index (χ0) is 21.1. The van der Waals surface area contributed by atoms with Gasteiger partial charge in [-0.15, -0.1) is 0 Å². The van der Waals surface area contributed by atoms with E-state index in [0.29, 0.717) is 29.6 Å². The van der Waals surface area contributed by atoms with Crippen molar-refractivity contribution >= 4 is 40.0 Å². The Bertz CT molecular complexity index is 1240. The summed E-state index contributed by atoms with van der Waals surface area (Å²) in [5.41, 5.74) is 5.56. The minimum absolute atomic E-state index is 0.124. The van der Waals surface area contributed by atoms with Crippen LogP contribution in [0.25, 0.3) is 16.6 Å². The standard InChI is InChI=1S/C25H24ClN3O2/c26-16-12-18-19-14-28(25(31)15-6-2-1-3-7-15)11-10-22(19)29-21-9-5-4-8-17(21)24(30)27-20(13-16)23(18)29/h4-5,8-9,12-13,15H,1-3,6-7,10-11,14H2,(H,27,30). The highest BCUT2D eigenvalue weighted by atomic mass is 35.5. The number of hydrogen-bond acceptors (Lipinski definition) is 2. The second-order valence-electron chi connectivity index (χ2n) is 8.93. The summed E-state index contributed by atoms with van der Waals surface area (Å²) in [5, 5.41) is 4.66. The zero-order valence-corrected chi connectivity index (χ0v) is 18.0. The van der Waals surface area contributed by atoms with Crippen LogP contribution in [0.3, 0.4) is 0 Å². The average molecular weight is 434 g/mol. The summed E-state index contributed by atoms with van der Waals surface area (Å²) in [4.78, 5) is 28.2. The Morgan fingerprint density at radius 1 is 1.10 bits per heavy atom. The molecule has 1 aliphatic carbocycles. The number of nitrogens with one attached hydrogen (secondary N) is 1. The van der Waals surface area contributed by atoms with E-state index < -0.39 is 0 Å². The fourth-order valence-corrected chi connectivity index (χ4v) is 5.87. The van der Waals surface area contributed by atoms with E-state index in [1.807, 2.05) is 41.3 Å². The van der Waals surface area contributed by atoms with Crippen LogP contribution in [0.1, 0.15) is 53.7 Å². The fourth-order valence-electron chi connectivity index (χ4n) is 5.65. The van der Waals surface area contributed by atoms with Gasteiger partial charge in [-0.1, -0.05) is 43.0 Å². The molecule has 1 saturated carbocycles. The lowest BCUT2D eigenvalue weighted by Gasteiger charge is -2.32. The van der Waals surface area contributed by atoms with Gasteiger partial charge in [-0.25, -0.2) is 0 Å². The van der Waals surface area contributed by atoms with Crippen molar-refractivity contribution in [1.29, 1.82) is 0 Å². The summed E-state index contributed by atoms with van der Waals surface area (Å²) in [6, 6.07) is 11.5. The number of benzene rings is 2. The molecule has 0 spiro atoms. The largest absolute Gasteiger partial charge is 0.338 e. The summed E-state index contributed by atoms with van der Waals surface area (Å²) in [6.07, 6.45) is 6.35. The number of para-hydroxylation sites is 1. The van der Waals surface area contributed by atoms with E-state index >= 15 is 0 Å². The predicted octanol–water partition coefficient (Wildman–Crippen LogP) is 5.31. The monoisotopic (exact) mass is 433 g/mol. The minimum Gasteiger partial charge on any atom is -0.338 e. The first-order valence-corrected chi connectivity index (χ1v) is 11.5. The highest BCUT2D eigenvalue weighted by Gasteiger charge is 2.33. The zero-order valence-electron chi connectivity index (χ0n) is 17.3. The first kappa shape index (κ1) is 18.9. The first-order valence-electron chi connectivity index (χ1n) is 11.2. The highest BCUT2D eigenvalue weighted by Crippen LogP contribution is 2.42. The summed E-state index contributed by atoms with van der Waals surface area (Å²) < 4.78 is 2.21. The number of halogens is 1. The Labute approximate surface area is 186 Å². The summed E-state index contributed by atoms with van der Waals surface area (Å²) >= 11 is 6.47. The normalized spacial score (nSPS) is 18.4. The van der Waals surface area contributed by atoms with Gasteiger partial charge in [0.05, 0.1) is 22.5 Å². The van der Waals surface area contributed by atoms with Crippen molar-refractivity contribution in [2.75, 3.05) is 11.9 Å². The molecule has 158 valence electrons. The SMILES string of the molecule is O=C1Nc2cc(Cl)cc3c4c(n(c23)-c2ccccc21)CCN(C(=O)C1CCCCC1)C4. The third kappa shape index (κ3) is 2.90. The molecule has 31 heavy (non-hydrogen) atoms. The van der Waals surface area contributed by atoms with Crippen molar-refractivity contribution < 1.29 is 9.59 Å². The van der Waals surface area contributed by atoms with E-state index in [9.17, 15) is 9.59 Å². The molecule has 5 nitrogen and oxygen atoms in total. The van der Waals surface area contributed by atoms with Crippen molar-refractivity contribution in [3.8, 4) is 5.69 Å². The van der Waals surface area contributed by atoms with Crippen molar-refractivity contribution in [2.45, 2.75) is 45.1 Å². The van der Waals surface area contributed by atoms with Crippen LogP contribution < -0.4 is 5.32 Å². The van der Waals surface area contributed by atoms with Crippen LogP contribution in [0.2, 0.25) is 5.02 Å². The molecule has 0 bridgehead atoms. The second kappa shape index (κ2) is 7.13. The quantitative estimate of drug-likeness (QED) is 0.565. The van der Waals surface area contributed by atoms with Crippen molar-refractivity contribution in [1.82, 2.24) is 9.47 Å². The molecule has 2 amide bonds. The molecule has 3 heterocycles. The maximum atomic E-state index is 13.3. The number of carbonyl (C=O) groups excluding carboxylic acids is 2. The molecular formula is C25H24ClN3O2. The first-order chi connectivity index (χ1) is 15.1. The Kier molecular flexibility index (Phi) is 4.35. The molecule has 1 aromatic heterocycles. The topological polar surface area (TPSA) is 54.3 Å². The van der Waals surface area contributed by atoms with E-state index in [4.69, 9.17) is 11.6 Å². The molecule has 3 aliphatic rings. The molecule has 3 aromatic rings. The Balaban J connectivity index is 1.51. The van der Waals surface area contributed by atoms with Crippen LogP contribution >= 0.6 is 11.6 Å². The van der Waals surface area contributed by atoms with Crippen LogP contribution in [0, 0.1) is 5.92 Å². The van der Waals surface area contributed by atoms with Gasteiger partial charge in [0.25, 0.3) is 5.91 Å². The number of fused-ring (bicyclic) bond motifs is 5. The molecule has 0 atom stereocenters. The molecule has 2 aromatic carbocycles. The fraction of sp³-hybridized carbons (Fsp3) is 0.360. The van der Waals surface area contributed by atoms with Crippen LogP contribution in [0.5, 0.6) is 0 Å². The lowest BCUT2D eigenvalue weighted by Crippen LogP contribution is -2.40. The smallest absolute Gasteiger partial charge is 0.257 e. The van der Waals surface area contributed by atoms with Crippen molar-refractivity contribution in [3.05, 3.63) is 58.2 Å². The third-order valence-electron chi connectivity index (χ3n) is 7.11. The van der Waals surface area contributed by atoms with Crippen LogP contribution in [-0.4, -0.2) is 27.8 Å². The third-order valence-corrected chi connectivity index (χ3v) is 7.33. The molecule has 1 fully saturated rings. The van der Waals surface area contributed by atoms with Crippen molar-refractivity contribution in [2.24, 2.45) is 5.92 Å². The summed E-state index contributed by atoms with van der Waals surface area (Å²) in [6.45, 7) is 1.31. The maximum absolute atomic E-state index is 13.3. The maximum Gasteiger partial charge on any atom is 0.257 e. The van der Waals surface area contributed by atoms with Gasteiger partial charge in [0, 0.05) is 47.1 Å². The van der Waals surface area contributed by atoms with Gasteiger partial charge in [-0.3, -0.25) is 9.59 Å². The van der Waals surface area contributed by atoms with Crippen molar-refractivity contribution in [3.63, 3.8) is 0 Å². The second-order valence-corrected chi connectivity index (χ2v) is 9.36. The van der Waals surface area contributed by atoms with Gasteiger partial charge in [0.2, 0.25) is 5.91 Å². The molecular weight excluding hydrogens is 410 g/mol. The summed E-state index contributed by atoms with van der Waals surface area (Å²) in [7, 11) is 0. The average Bonchev–Trinajstić information content (AvgIpc) is 3.06. The molecule has 1 N–H and O–H groups in total. The number of nitrogens with zero attached hydrogens (tertiary/aromatic N) is 2. The van der Waals surface area contributed by atoms with Crippen LogP contribution in [0.4, 0.5) is 5.69 Å². The molecule has 0 radical (unpaired) electrons. The lowest BCUT2D eigenvalue weighted by atomic mass is 9.87. The molecule has 0 saturated heterocycles. The number of hydrogen-bond donors (Lipinski definition) is 1. The number of rotatable bonds is 1. The number of anilines is 1. The van der Waals surface area contributed by atoms with E-state index in [-0.39, 0.29) is 11.8 Å². The number of carbonyl (C=O) groups is 2. The highest BCUT2D eigenvalue weighted by molar-refractivity contribution is 6.32. The minimum atomic E-state index is -0.124.